The molecule has 6 nitrogen and oxygen atoms in total. The van der Waals surface area contributed by atoms with Gasteiger partial charge in [0.1, 0.15) is 6.07 Å². The van der Waals surface area contributed by atoms with Crippen molar-refractivity contribution in [1.29, 1.82) is 5.26 Å². The van der Waals surface area contributed by atoms with E-state index in [1.165, 1.54) is 0 Å². The van der Waals surface area contributed by atoms with E-state index in [1.807, 2.05) is 6.07 Å². The lowest BCUT2D eigenvalue weighted by molar-refractivity contribution is -0.130. The van der Waals surface area contributed by atoms with Gasteiger partial charge in [-0.25, -0.2) is 4.79 Å². The number of benzene rings is 1. The molecule has 1 aromatic carbocycles. The fourth-order valence-electron chi connectivity index (χ4n) is 1.67. The van der Waals surface area contributed by atoms with Crippen LogP contribution >= 0.6 is 0 Å². The van der Waals surface area contributed by atoms with E-state index < -0.39 is 18.7 Å². The maximum absolute atomic E-state index is 12.0. The van der Waals surface area contributed by atoms with Gasteiger partial charge in [0, 0.05) is 26.1 Å². The molecule has 0 spiro atoms. The summed E-state index contributed by atoms with van der Waals surface area (Å²) in [5, 5.41) is 27.2. The van der Waals surface area contributed by atoms with E-state index in [0.717, 1.165) is 0 Å². The number of rotatable bonds is 6. The molecule has 0 amide bonds. The molecule has 0 fully saturated rings. The normalized spacial score (nSPS) is 11.4. The summed E-state index contributed by atoms with van der Waals surface area (Å²) in [5.74, 6) is -0.595. The molecule has 0 saturated carbocycles. The average Bonchev–Trinajstić information content (AvgIpc) is 2.46. The lowest BCUT2D eigenvalue weighted by atomic mass is 10.1. The Morgan fingerprint density at radius 3 is 2.71 bits per heavy atom. The van der Waals surface area contributed by atoms with Gasteiger partial charge < -0.3 is 19.8 Å². The first-order chi connectivity index (χ1) is 9.90. The number of aliphatic hydroxyl groups is 2. The van der Waals surface area contributed by atoms with Gasteiger partial charge in [0.05, 0.1) is 24.0 Å². The summed E-state index contributed by atoms with van der Waals surface area (Å²) in [6, 6.07) is 6.91. The number of ether oxygens (including phenoxy) is 1. The van der Waals surface area contributed by atoms with Crippen LogP contribution in [-0.4, -0.2) is 43.0 Å². The Morgan fingerprint density at radius 1 is 1.52 bits per heavy atom. The molecular formula is C15H18N2O4. The molecule has 112 valence electrons. The zero-order valence-corrected chi connectivity index (χ0v) is 12.0. The van der Waals surface area contributed by atoms with Crippen molar-refractivity contribution in [3.8, 4) is 11.8 Å². The molecule has 0 aliphatic rings. The molecule has 0 aliphatic carbocycles. The van der Waals surface area contributed by atoms with E-state index in [0.29, 0.717) is 5.69 Å². The summed E-state index contributed by atoms with van der Waals surface area (Å²) in [5.41, 5.74) is 0.831. The average molecular weight is 290 g/mol. The van der Waals surface area contributed by atoms with Gasteiger partial charge in [0.2, 0.25) is 0 Å². The molecule has 0 aromatic heterocycles. The van der Waals surface area contributed by atoms with Crippen molar-refractivity contribution in [2.75, 3.05) is 25.6 Å². The minimum atomic E-state index is -1.07. The Morgan fingerprint density at radius 2 is 2.19 bits per heavy atom. The minimum absolute atomic E-state index is 0.0222. The highest BCUT2D eigenvalue weighted by atomic mass is 16.5. The molecule has 6 heteroatoms. The summed E-state index contributed by atoms with van der Waals surface area (Å²) in [4.78, 5) is 13.7. The van der Waals surface area contributed by atoms with Crippen LogP contribution in [0.1, 0.15) is 12.0 Å². The van der Waals surface area contributed by atoms with E-state index in [2.05, 4.69) is 6.58 Å². The van der Waals surface area contributed by atoms with Crippen molar-refractivity contribution in [3.63, 3.8) is 0 Å². The van der Waals surface area contributed by atoms with Crippen LogP contribution in [0.25, 0.3) is 0 Å². The maximum Gasteiger partial charge on any atom is 0.339 e. The van der Waals surface area contributed by atoms with Crippen LogP contribution in [0.15, 0.2) is 30.4 Å². The fourth-order valence-corrected chi connectivity index (χ4v) is 1.67. The van der Waals surface area contributed by atoms with Crippen molar-refractivity contribution >= 4 is 11.7 Å². The fraction of sp³-hybridized carbons (Fsp3) is 0.333. The van der Waals surface area contributed by atoms with Crippen molar-refractivity contribution < 1.29 is 19.7 Å². The first kappa shape index (κ1) is 16.7. The molecule has 1 unspecified atom stereocenters. The number of carbonyl (C=O) groups is 1. The third kappa shape index (κ3) is 4.31. The Kier molecular flexibility index (Phi) is 5.91. The van der Waals surface area contributed by atoms with Gasteiger partial charge in [-0.1, -0.05) is 12.6 Å². The zero-order chi connectivity index (χ0) is 16.0. The second-order valence-electron chi connectivity index (χ2n) is 4.69. The van der Waals surface area contributed by atoms with Gasteiger partial charge in [-0.15, -0.1) is 0 Å². The van der Waals surface area contributed by atoms with Gasteiger partial charge in [0.15, 0.2) is 5.75 Å². The number of anilines is 1. The Hall–Kier alpha value is -2.36. The Balaban J connectivity index is 2.99. The molecule has 2 N–H and O–H groups in total. The molecule has 0 bridgehead atoms. The zero-order valence-electron chi connectivity index (χ0n) is 12.0. The summed E-state index contributed by atoms with van der Waals surface area (Å²) in [7, 11) is 3.52. The van der Waals surface area contributed by atoms with Crippen molar-refractivity contribution in [2.45, 2.75) is 12.5 Å². The van der Waals surface area contributed by atoms with Gasteiger partial charge in [0.25, 0.3) is 0 Å². The van der Waals surface area contributed by atoms with Gasteiger partial charge >= 0.3 is 5.97 Å². The summed E-state index contributed by atoms with van der Waals surface area (Å²) < 4.78 is 5.24. The highest BCUT2D eigenvalue weighted by Crippen LogP contribution is 2.31. The molecule has 1 atom stereocenters. The van der Waals surface area contributed by atoms with Crippen LogP contribution in [0.2, 0.25) is 0 Å². The highest BCUT2D eigenvalue weighted by molar-refractivity contribution is 5.91. The minimum Gasteiger partial charge on any atom is -0.420 e. The molecular weight excluding hydrogens is 272 g/mol. The van der Waals surface area contributed by atoms with Gasteiger partial charge in [-0.05, 0) is 12.1 Å². The Labute approximate surface area is 123 Å². The summed E-state index contributed by atoms with van der Waals surface area (Å²) in [6.45, 7) is 3.06. The molecule has 0 saturated heterocycles. The first-order valence-electron chi connectivity index (χ1n) is 6.30. The van der Waals surface area contributed by atoms with Crippen LogP contribution in [0.5, 0.6) is 5.75 Å². The molecule has 1 aromatic rings. The molecule has 1 rings (SSSR count). The standard InChI is InChI=1S/C15H18N2O4/c1-10(7-12(19)9-18)15(20)21-14-11(8-16)5-4-6-13(14)17(2)3/h4-6,12,18-19H,1,7,9H2,2-3H3. The molecule has 0 aliphatic heterocycles. The van der Waals surface area contributed by atoms with E-state index in [9.17, 15) is 9.90 Å². The second-order valence-corrected chi connectivity index (χ2v) is 4.69. The largest absolute Gasteiger partial charge is 0.420 e. The topological polar surface area (TPSA) is 93.8 Å². The number of para-hydroxylation sites is 1. The highest BCUT2D eigenvalue weighted by Gasteiger charge is 2.19. The van der Waals surface area contributed by atoms with E-state index in [1.54, 1.807) is 37.2 Å². The monoisotopic (exact) mass is 290 g/mol. The third-order valence-corrected chi connectivity index (χ3v) is 2.77. The number of aliphatic hydroxyl groups excluding tert-OH is 2. The number of carbonyl (C=O) groups excluding carboxylic acids is 1. The molecule has 0 radical (unpaired) electrons. The van der Waals surface area contributed by atoms with Crippen molar-refractivity contribution in [2.24, 2.45) is 0 Å². The van der Waals surface area contributed by atoms with Crippen molar-refractivity contribution in [1.82, 2.24) is 0 Å². The van der Waals surface area contributed by atoms with Gasteiger partial charge in [-0.2, -0.15) is 5.26 Å². The third-order valence-electron chi connectivity index (χ3n) is 2.77. The second kappa shape index (κ2) is 7.43. The predicted octanol–water partition coefficient (Wildman–Crippen LogP) is 0.829. The predicted molar refractivity (Wildman–Crippen MR) is 78.0 cm³/mol. The lowest BCUT2D eigenvalue weighted by Crippen LogP contribution is -2.20. The van der Waals surface area contributed by atoms with E-state index >= 15 is 0 Å². The van der Waals surface area contributed by atoms with E-state index in [4.69, 9.17) is 15.1 Å². The molecule has 0 heterocycles. The smallest absolute Gasteiger partial charge is 0.339 e. The number of hydrogen-bond donors (Lipinski definition) is 2. The number of esters is 1. The summed E-state index contributed by atoms with van der Waals surface area (Å²) in [6.07, 6.45) is -1.16. The van der Waals surface area contributed by atoms with Gasteiger partial charge in [-0.3, -0.25) is 0 Å². The SMILES string of the molecule is C=C(CC(O)CO)C(=O)Oc1c(C#N)cccc1N(C)C. The number of hydrogen-bond acceptors (Lipinski definition) is 6. The van der Waals surface area contributed by atoms with Crippen LogP contribution in [0.4, 0.5) is 5.69 Å². The number of nitrogens with zero attached hydrogens (tertiary/aromatic N) is 2. The van der Waals surface area contributed by atoms with Crippen LogP contribution in [0.3, 0.4) is 0 Å². The lowest BCUT2D eigenvalue weighted by Gasteiger charge is -2.18. The molecule has 21 heavy (non-hydrogen) atoms. The van der Waals surface area contributed by atoms with Crippen LogP contribution < -0.4 is 9.64 Å². The Bertz CT molecular complexity index is 576. The summed E-state index contributed by atoms with van der Waals surface area (Å²) >= 11 is 0. The first-order valence-corrected chi connectivity index (χ1v) is 6.30. The van der Waals surface area contributed by atoms with E-state index in [-0.39, 0.29) is 23.3 Å². The van der Waals surface area contributed by atoms with Crippen LogP contribution in [-0.2, 0) is 4.79 Å². The number of nitriles is 1. The maximum atomic E-state index is 12.0. The van der Waals surface area contributed by atoms with Crippen molar-refractivity contribution in [3.05, 3.63) is 35.9 Å². The van der Waals surface area contributed by atoms with Crippen LogP contribution in [0, 0.1) is 11.3 Å². The quantitative estimate of drug-likeness (QED) is 0.458.